The first kappa shape index (κ1) is 7.09. The Bertz CT molecular complexity index is 209. The highest BCUT2D eigenvalue weighted by atomic mass is 14.8. The molecule has 2 nitrogen and oxygen atoms in total. The maximum atomic E-state index is 5.83. The van der Waals surface area contributed by atoms with Crippen LogP contribution < -0.4 is 5.73 Å². The summed E-state index contributed by atoms with van der Waals surface area (Å²) in [5, 5.41) is 0. The Morgan fingerprint density at radius 2 is 2.50 bits per heavy atom. The molecule has 1 heterocycles. The van der Waals surface area contributed by atoms with Crippen molar-refractivity contribution >= 4 is 0 Å². The van der Waals surface area contributed by atoms with E-state index in [9.17, 15) is 0 Å². The highest BCUT2D eigenvalue weighted by Crippen LogP contribution is 2.15. The Balaban J connectivity index is 2.95. The van der Waals surface area contributed by atoms with E-state index in [0.29, 0.717) is 0 Å². The molecule has 1 atom stereocenters. The van der Waals surface area contributed by atoms with Crippen LogP contribution >= 0.6 is 0 Å². The number of rotatable bonds is 2. The normalized spacial score (nSPS) is 16.2. The molecule has 0 radical (unpaired) electrons. The van der Waals surface area contributed by atoms with E-state index < -0.39 is 5.54 Å². The maximum absolute atomic E-state index is 5.83. The van der Waals surface area contributed by atoms with Gasteiger partial charge in [-0.1, -0.05) is 6.08 Å². The summed E-state index contributed by atoms with van der Waals surface area (Å²) in [4.78, 5) is 3.03. The first-order chi connectivity index (χ1) is 4.67. The summed E-state index contributed by atoms with van der Waals surface area (Å²) in [6.07, 6.45) is 3.57. The number of aromatic amines is 1. The lowest BCUT2D eigenvalue weighted by Gasteiger charge is -2.17. The Morgan fingerprint density at radius 3 is 2.90 bits per heavy atom. The van der Waals surface area contributed by atoms with Crippen molar-refractivity contribution in [3.63, 3.8) is 0 Å². The molecule has 0 spiro atoms. The minimum Gasteiger partial charge on any atom is -0.363 e. The first-order valence-electron chi connectivity index (χ1n) is 3.23. The van der Waals surface area contributed by atoms with Gasteiger partial charge in [0.2, 0.25) is 0 Å². The molecule has 0 aliphatic heterocycles. The summed E-state index contributed by atoms with van der Waals surface area (Å²) < 4.78 is 0. The Hall–Kier alpha value is -1.02. The van der Waals surface area contributed by atoms with Crippen molar-refractivity contribution in [3.05, 3.63) is 36.7 Å². The molecular weight excluding hydrogens is 124 g/mol. The van der Waals surface area contributed by atoms with Gasteiger partial charge in [0.15, 0.2) is 0 Å². The van der Waals surface area contributed by atoms with Crippen molar-refractivity contribution in [3.8, 4) is 0 Å². The van der Waals surface area contributed by atoms with E-state index in [4.69, 9.17) is 5.73 Å². The number of aromatic nitrogens is 1. The molecule has 0 saturated heterocycles. The molecule has 54 valence electrons. The number of H-pyrrole nitrogens is 1. The van der Waals surface area contributed by atoms with E-state index >= 15 is 0 Å². The van der Waals surface area contributed by atoms with Crippen LogP contribution in [0.25, 0.3) is 0 Å². The van der Waals surface area contributed by atoms with E-state index in [1.807, 2.05) is 25.3 Å². The maximum Gasteiger partial charge on any atom is 0.0715 e. The van der Waals surface area contributed by atoms with Crippen LogP contribution in [0.2, 0.25) is 0 Å². The van der Waals surface area contributed by atoms with Crippen LogP contribution in [-0.2, 0) is 5.54 Å². The van der Waals surface area contributed by atoms with E-state index in [1.165, 1.54) is 0 Å². The molecule has 0 unspecified atom stereocenters. The van der Waals surface area contributed by atoms with Crippen molar-refractivity contribution in [2.24, 2.45) is 5.73 Å². The lowest BCUT2D eigenvalue weighted by Crippen LogP contribution is -2.30. The third kappa shape index (κ3) is 1.11. The number of nitrogens with one attached hydrogen (secondary N) is 1. The fourth-order valence-electron chi connectivity index (χ4n) is 0.775. The van der Waals surface area contributed by atoms with Crippen LogP contribution in [0.15, 0.2) is 31.0 Å². The topological polar surface area (TPSA) is 41.8 Å². The number of hydrogen-bond acceptors (Lipinski definition) is 1. The van der Waals surface area contributed by atoms with Gasteiger partial charge >= 0.3 is 0 Å². The van der Waals surface area contributed by atoms with Crippen molar-refractivity contribution < 1.29 is 0 Å². The summed E-state index contributed by atoms with van der Waals surface area (Å²) in [6, 6.07) is 3.87. The average Bonchev–Trinajstić information content (AvgIpc) is 2.38. The molecule has 3 N–H and O–H groups in total. The monoisotopic (exact) mass is 136 g/mol. The third-order valence-electron chi connectivity index (χ3n) is 1.60. The van der Waals surface area contributed by atoms with Gasteiger partial charge in [-0.05, 0) is 19.1 Å². The van der Waals surface area contributed by atoms with Crippen molar-refractivity contribution in [2.75, 3.05) is 0 Å². The van der Waals surface area contributed by atoms with Gasteiger partial charge in [0.1, 0.15) is 0 Å². The van der Waals surface area contributed by atoms with Gasteiger partial charge in [-0.25, -0.2) is 0 Å². The van der Waals surface area contributed by atoms with E-state index in [2.05, 4.69) is 11.6 Å². The second-order valence-electron chi connectivity index (χ2n) is 2.57. The SMILES string of the molecule is C=C[C@](C)(N)c1ccc[nH]1. The lowest BCUT2D eigenvalue weighted by atomic mass is 10.0. The van der Waals surface area contributed by atoms with Gasteiger partial charge in [-0.2, -0.15) is 0 Å². The first-order valence-corrected chi connectivity index (χ1v) is 3.23. The van der Waals surface area contributed by atoms with Crippen LogP contribution in [-0.4, -0.2) is 4.98 Å². The van der Waals surface area contributed by atoms with Gasteiger partial charge in [0.05, 0.1) is 5.54 Å². The second kappa shape index (κ2) is 2.31. The van der Waals surface area contributed by atoms with Crippen molar-refractivity contribution in [2.45, 2.75) is 12.5 Å². The Labute approximate surface area is 60.8 Å². The number of nitrogens with two attached hydrogens (primary N) is 1. The smallest absolute Gasteiger partial charge is 0.0715 e. The summed E-state index contributed by atoms with van der Waals surface area (Å²) in [7, 11) is 0. The predicted molar refractivity (Wildman–Crippen MR) is 42.5 cm³/mol. The third-order valence-corrected chi connectivity index (χ3v) is 1.60. The number of hydrogen-bond donors (Lipinski definition) is 2. The molecule has 0 amide bonds. The minimum absolute atomic E-state index is 0.427. The molecule has 0 bridgehead atoms. The van der Waals surface area contributed by atoms with E-state index in [-0.39, 0.29) is 0 Å². The molecule has 0 aromatic carbocycles. The molecule has 1 aromatic rings. The van der Waals surface area contributed by atoms with Gasteiger partial charge in [-0.15, -0.1) is 6.58 Å². The van der Waals surface area contributed by atoms with Crippen molar-refractivity contribution in [1.82, 2.24) is 4.98 Å². The van der Waals surface area contributed by atoms with Crippen LogP contribution in [0.5, 0.6) is 0 Å². The molecule has 0 fully saturated rings. The predicted octanol–water partition coefficient (Wildman–Crippen LogP) is 1.37. The van der Waals surface area contributed by atoms with Crippen molar-refractivity contribution in [1.29, 1.82) is 0 Å². The molecule has 10 heavy (non-hydrogen) atoms. The minimum atomic E-state index is -0.427. The molecule has 1 rings (SSSR count). The molecule has 2 heteroatoms. The molecular formula is C8H12N2. The van der Waals surface area contributed by atoms with E-state index in [1.54, 1.807) is 6.08 Å². The molecule has 0 saturated carbocycles. The van der Waals surface area contributed by atoms with Crippen LogP contribution in [0, 0.1) is 0 Å². The molecule has 0 aliphatic rings. The molecule has 1 aromatic heterocycles. The zero-order valence-electron chi connectivity index (χ0n) is 6.09. The summed E-state index contributed by atoms with van der Waals surface area (Å²) in [6.45, 7) is 5.55. The van der Waals surface area contributed by atoms with Gasteiger partial charge in [0.25, 0.3) is 0 Å². The van der Waals surface area contributed by atoms with Crippen LogP contribution in [0.3, 0.4) is 0 Å². The zero-order valence-corrected chi connectivity index (χ0v) is 6.09. The second-order valence-corrected chi connectivity index (χ2v) is 2.57. The highest BCUT2D eigenvalue weighted by molar-refractivity contribution is 5.19. The fourth-order valence-corrected chi connectivity index (χ4v) is 0.775. The largest absolute Gasteiger partial charge is 0.363 e. The van der Waals surface area contributed by atoms with Gasteiger partial charge < -0.3 is 10.7 Å². The van der Waals surface area contributed by atoms with Gasteiger partial charge in [-0.3, -0.25) is 0 Å². The highest BCUT2D eigenvalue weighted by Gasteiger charge is 2.16. The summed E-state index contributed by atoms with van der Waals surface area (Å²) >= 11 is 0. The average molecular weight is 136 g/mol. The summed E-state index contributed by atoms with van der Waals surface area (Å²) in [5.41, 5.74) is 6.39. The van der Waals surface area contributed by atoms with Gasteiger partial charge in [0, 0.05) is 11.9 Å². The standard InChI is InChI=1S/C8H12N2/c1-3-8(2,9)7-5-4-6-10-7/h3-6,10H,1,9H2,2H3/t8-/m0/s1. The molecule has 0 aliphatic carbocycles. The quantitative estimate of drug-likeness (QED) is 0.592. The lowest BCUT2D eigenvalue weighted by molar-refractivity contribution is 0.613. The van der Waals surface area contributed by atoms with E-state index in [0.717, 1.165) is 5.69 Å². The Morgan fingerprint density at radius 1 is 1.80 bits per heavy atom. The summed E-state index contributed by atoms with van der Waals surface area (Å²) in [5.74, 6) is 0. The van der Waals surface area contributed by atoms with Crippen LogP contribution in [0.4, 0.5) is 0 Å². The zero-order chi connectivity index (χ0) is 7.61. The van der Waals surface area contributed by atoms with Crippen LogP contribution in [0.1, 0.15) is 12.6 Å². The fraction of sp³-hybridized carbons (Fsp3) is 0.250. The Kier molecular flexibility index (Phi) is 1.64.